The van der Waals surface area contributed by atoms with Crippen molar-refractivity contribution in [2.45, 2.75) is 44.6 Å². The van der Waals surface area contributed by atoms with E-state index in [-0.39, 0.29) is 29.7 Å². The van der Waals surface area contributed by atoms with Crippen LogP contribution in [0.15, 0.2) is 0 Å². The van der Waals surface area contributed by atoms with Gasteiger partial charge in [-0.15, -0.1) is 0 Å². The van der Waals surface area contributed by atoms with E-state index in [2.05, 4.69) is 10.6 Å². The van der Waals surface area contributed by atoms with Crippen molar-refractivity contribution in [3.8, 4) is 0 Å². The minimum atomic E-state index is -0.736. The molecule has 2 rings (SSSR count). The van der Waals surface area contributed by atoms with Gasteiger partial charge in [0.2, 0.25) is 11.8 Å². The zero-order valence-corrected chi connectivity index (χ0v) is 10.9. The van der Waals surface area contributed by atoms with Gasteiger partial charge in [0, 0.05) is 19.0 Å². The zero-order valence-electron chi connectivity index (χ0n) is 10.9. The highest BCUT2D eigenvalue weighted by atomic mass is 16.4. The van der Waals surface area contributed by atoms with Crippen LogP contribution < -0.4 is 10.6 Å². The lowest BCUT2D eigenvalue weighted by atomic mass is 9.85. The third-order valence-corrected chi connectivity index (χ3v) is 4.06. The molecule has 19 heavy (non-hydrogen) atoms. The third-order valence-electron chi connectivity index (χ3n) is 4.06. The number of carboxylic acids is 1. The van der Waals surface area contributed by atoms with E-state index < -0.39 is 5.97 Å². The third kappa shape index (κ3) is 3.68. The molecule has 3 N–H and O–H groups in total. The van der Waals surface area contributed by atoms with Crippen molar-refractivity contribution in [3.63, 3.8) is 0 Å². The average Bonchev–Trinajstić information content (AvgIpc) is 2.40. The fraction of sp³-hybridized carbons (Fsp3) is 0.769. The van der Waals surface area contributed by atoms with Gasteiger partial charge in [-0.25, -0.2) is 0 Å². The first-order valence-corrected chi connectivity index (χ1v) is 6.86. The molecule has 1 saturated heterocycles. The Hall–Kier alpha value is -1.59. The van der Waals surface area contributed by atoms with Crippen LogP contribution in [0, 0.1) is 11.8 Å². The topological polar surface area (TPSA) is 95.5 Å². The molecule has 1 atom stereocenters. The summed E-state index contributed by atoms with van der Waals surface area (Å²) in [5.41, 5.74) is 0. The van der Waals surface area contributed by atoms with Crippen LogP contribution in [-0.2, 0) is 14.4 Å². The van der Waals surface area contributed by atoms with E-state index in [1.54, 1.807) is 0 Å². The number of aliphatic carboxylic acids is 1. The van der Waals surface area contributed by atoms with Crippen molar-refractivity contribution >= 4 is 17.8 Å². The molecule has 0 aromatic rings. The van der Waals surface area contributed by atoms with Crippen LogP contribution in [0.4, 0.5) is 0 Å². The van der Waals surface area contributed by atoms with Crippen LogP contribution in [0.25, 0.3) is 0 Å². The Labute approximate surface area is 111 Å². The van der Waals surface area contributed by atoms with E-state index >= 15 is 0 Å². The second-order valence-corrected chi connectivity index (χ2v) is 5.44. The predicted octanol–water partition coefficient (Wildman–Crippen LogP) is 0.272. The maximum absolute atomic E-state index is 12.0. The summed E-state index contributed by atoms with van der Waals surface area (Å²) >= 11 is 0. The molecule has 1 unspecified atom stereocenters. The molecule has 0 spiro atoms. The van der Waals surface area contributed by atoms with Gasteiger partial charge in [-0.3, -0.25) is 14.4 Å². The molecule has 1 aliphatic heterocycles. The number of rotatable bonds is 3. The number of amides is 2. The fourth-order valence-electron chi connectivity index (χ4n) is 2.76. The number of hydrogen-bond donors (Lipinski definition) is 3. The number of carbonyl (C=O) groups is 3. The summed E-state index contributed by atoms with van der Waals surface area (Å²) in [7, 11) is 0. The van der Waals surface area contributed by atoms with Crippen molar-refractivity contribution in [1.29, 1.82) is 0 Å². The van der Waals surface area contributed by atoms with E-state index in [0.29, 0.717) is 32.2 Å². The van der Waals surface area contributed by atoms with Gasteiger partial charge in [0.25, 0.3) is 0 Å². The summed E-state index contributed by atoms with van der Waals surface area (Å²) < 4.78 is 0. The summed E-state index contributed by atoms with van der Waals surface area (Å²) in [6, 6.07) is 0.0840. The van der Waals surface area contributed by atoms with E-state index in [0.717, 1.165) is 12.8 Å². The lowest BCUT2D eigenvalue weighted by Crippen LogP contribution is -2.47. The van der Waals surface area contributed by atoms with E-state index in [1.807, 2.05) is 0 Å². The first kappa shape index (κ1) is 13.8. The van der Waals surface area contributed by atoms with Crippen LogP contribution in [0.3, 0.4) is 0 Å². The first-order valence-electron chi connectivity index (χ1n) is 6.86. The molecule has 1 aliphatic carbocycles. The van der Waals surface area contributed by atoms with Crippen LogP contribution in [0.5, 0.6) is 0 Å². The molecule has 2 amide bonds. The molecule has 1 saturated carbocycles. The summed E-state index contributed by atoms with van der Waals surface area (Å²) in [4.78, 5) is 33.9. The number of piperidine rings is 1. The molecule has 0 aromatic carbocycles. The molecular weight excluding hydrogens is 248 g/mol. The maximum atomic E-state index is 12.0. The quantitative estimate of drug-likeness (QED) is 0.684. The monoisotopic (exact) mass is 268 g/mol. The number of carboxylic acid groups (broad SMARTS) is 1. The highest BCUT2D eigenvalue weighted by Gasteiger charge is 2.29. The minimum Gasteiger partial charge on any atom is -0.481 e. The molecule has 0 bridgehead atoms. The molecule has 2 fully saturated rings. The van der Waals surface area contributed by atoms with Gasteiger partial charge in [-0.1, -0.05) is 0 Å². The highest BCUT2D eigenvalue weighted by molar-refractivity contribution is 5.83. The summed E-state index contributed by atoms with van der Waals surface area (Å²) in [5.74, 6) is -1.15. The van der Waals surface area contributed by atoms with Gasteiger partial charge in [0.1, 0.15) is 0 Å². The lowest BCUT2D eigenvalue weighted by Gasteiger charge is -2.29. The Morgan fingerprint density at radius 3 is 2.32 bits per heavy atom. The van der Waals surface area contributed by atoms with Gasteiger partial charge >= 0.3 is 5.97 Å². The number of hydrogen-bond acceptors (Lipinski definition) is 3. The first-order chi connectivity index (χ1) is 9.06. The Bertz CT molecular complexity index is 365. The molecule has 0 aromatic heterocycles. The second kappa shape index (κ2) is 6.04. The Morgan fingerprint density at radius 1 is 1.11 bits per heavy atom. The van der Waals surface area contributed by atoms with E-state index in [1.165, 1.54) is 0 Å². The van der Waals surface area contributed by atoms with Gasteiger partial charge < -0.3 is 15.7 Å². The highest BCUT2D eigenvalue weighted by Crippen LogP contribution is 2.25. The van der Waals surface area contributed by atoms with Crippen molar-refractivity contribution in [2.75, 3.05) is 6.54 Å². The minimum absolute atomic E-state index is 0.00557. The molecular formula is C13H20N2O4. The van der Waals surface area contributed by atoms with Crippen LogP contribution in [0.2, 0.25) is 0 Å². The van der Waals surface area contributed by atoms with Gasteiger partial charge in [0.05, 0.1) is 11.8 Å². The molecule has 6 heteroatoms. The Morgan fingerprint density at radius 2 is 1.79 bits per heavy atom. The average molecular weight is 268 g/mol. The van der Waals surface area contributed by atoms with Crippen molar-refractivity contribution in [3.05, 3.63) is 0 Å². The van der Waals surface area contributed by atoms with Crippen molar-refractivity contribution < 1.29 is 19.5 Å². The summed E-state index contributed by atoms with van der Waals surface area (Å²) in [5, 5.41) is 14.6. The number of nitrogens with one attached hydrogen (secondary N) is 2. The Balaban J connectivity index is 1.74. The number of carbonyl (C=O) groups excluding carboxylic acids is 2. The molecule has 6 nitrogen and oxygen atoms in total. The molecule has 1 heterocycles. The van der Waals surface area contributed by atoms with Gasteiger partial charge in [-0.2, -0.15) is 0 Å². The normalized spacial score (nSPS) is 31.4. The van der Waals surface area contributed by atoms with Crippen LogP contribution >= 0.6 is 0 Å². The standard InChI is InChI=1S/C13H20N2O4/c16-11-6-3-9(7-14-11)12(17)15-10-4-1-8(2-5-10)13(18)19/h8-10H,1-7H2,(H,14,16)(H,15,17)(H,18,19). The van der Waals surface area contributed by atoms with Gasteiger partial charge in [0.15, 0.2) is 0 Å². The fourth-order valence-corrected chi connectivity index (χ4v) is 2.76. The molecule has 0 radical (unpaired) electrons. The summed E-state index contributed by atoms with van der Waals surface area (Å²) in [6.07, 6.45) is 3.71. The summed E-state index contributed by atoms with van der Waals surface area (Å²) in [6.45, 7) is 0.412. The zero-order chi connectivity index (χ0) is 13.8. The lowest BCUT2D eigenvalue weighted by molar-refractivity contribution is -0.142. The van der Waals surface area contributed by atoms with E-state index in [9.17, 15) is 14.4 Å². The van der Waals surface area contributed by atoms with Crippen molar-refractivity contribution in [1.82, 2.24) is 10.6 Å². The Kier molecular flexibility index (Phi) is 4.39. The van der Waals surface area contributed by atoms with Crippen LogP contribution in [0.1, 0.15) is 38.5 Å². The molecule has 2 aliphatic rings. The second-order valence-electron chi connectivity index (χ2n) is 5.44. The predicted molar refractivity (Wildman–Crippen MR) is 67.3 cm³/mol. The molecule has 106 valence electrons. The van der Waals surface area contributed by atoms with Gasteiger partial charge in [-0.05, 0) is 32.1 Å². The maximum Gasteiger partial charge on any atom is 0.306 e. The van der Waals surface area contributed by atoms with E-state index in [4.69, 9.17) is 5.11 Å². The smallest absolute Gasteiger partial charge is 0.306 e. The SMILES string of the molecule is O=C1CCC(C(=O)NC2CCC(C(=O)O)CC2)CN1. The largest absolute Gasteiger partial charge is 0.481 e. The van der Waals surface area contributed by atoms with Crippen molar-refractivity contribution in [2.24, 2.45) is 11.8 Å². The van der Waals surface area contributed by atoms with Crippen LogP contribution in [-0.4, -0.2) is 35.5 Å².